The van der Waals surface area contributed by atoms with Gasteiger partial charge >= 0.3 is 0 Å². The van der Waals surface area contributed by atoms with Crippen molar-refractivity contribution in [2.75, 3.05) is 6.54 Å². The van der Waals surface area contributed by atoms with Crippen LogP contribution in [0.15, 0.2) is 77.8 Å². The SMILES string of the molecule is NC(N)=NCCC[C@H](NC(=O)[C@@H](N)Cc1ccccc1)C(=O)NC(=O)c1cccc2ccccc12. The number of aliphatic imine (C=N–C) groups is 1. The number of imide groups is 1. The Bertz CT molecular complexity index is 1200. The van der Waals surface area contributed by atoms with Crippen molar-refractivity contribution in [3.63, 3.8) is 0 Å². The molecule has 0 unspecified atom stereocenters. The second-order valence-electron chi connectivity index (χ2n) is 8.15. The zero-order valence-electron chi connectivity index (χ0n) is 19.3. The summed E-state index contributed by atoms with van der Waals surface area (Å²) in [5, 5.41) is 6.69. The van der Waals surface area contributed by atoms with E-state index in [9.17, 15) is 14.4 Å². The largest absolute Gasteiger partial charge is 0.370 e. The fourth-order valence-corrected chi connectivity index (χ4v) is 3.70. The lowest BCUT2D eigenvalue weighted by atomic mass is 10.0. The number of guanidine groups is 1. The molecule has 35 heavy (non-hydrogen) atoms. The molecule has 0 aliphatic rings. The van der Waals surface area contributed by atoms with E-state index in [4.69, 9.17) is 17.2 Å². The lowest BCUT2D eigenvalue weighted by Gasteiger charge is -2.20. The van der Waals surface area contributed by atoms with Gasteiger partial charge in [0.2, 0.25) is 11.8 Å². The highest BCUT2D eigenvalue weighted by Gasteiger charge is 2.25. The molecule has 0 heterocycles. The molecule has 3 aromatic carbocycles. The monoisotopic (exact) mass is 474 g/mol. The maximum absolute atomic E-state index is 13.0. The number of nitrogens with one attached hydrogen (secondary N) is 2. The van der Waals surface area contributed by atoms with Gasteiger partial charge in [-0.15, -0.1) is 0 Å². The number of carbonyl (C=O) groups excluding carboxylic acids is 3. The van der Waals surface area contributed by atoms with E-state index >= 15 is 0 Å². The third kappa shape index (κ3) is 7.38. The van der Waals surface area contributed by atoms with E-state index in [0.29, 0.717) is 18.4 Å². The van der Waals surface area contributed by atoms with Crippen LogP contribution in [0.4, 0.5) is 0 Å². The van der Waals surface area contributed by atoms with Gasteiger partial charge in [0.1, 0.15) is 6.04 Å². The second kappa shape index (κ2) is 12.3. The number of hydrogen-bond donors (Lipinski definition) is 5. The van der Waals surface area contributed by atoms with Gasteiger partial charge in [-0.05, 0) is 41.7 Å². The third-order valence-electron chi connectivity index (χ3n) is 5.48. The second-order valence-corrected chi connectivity index (χ2v) is 8.15. The van der Waals surface area contributed by atoms with Crippen molar-refractivity contribution in [3.8, 4) is 0 Å². The average Bonchev–Trinajstić information content (AvgIpc) is 2.85. The Morgan fingerprint density at radius 1 is 0.857 bits per heavy atom. The van der Waals surface area contributed by atoms with Crippen LogP contribution in [-0.4, -0.2) is 42.3 Å². The highest BCUT2D eigenvalue weighted by molar-refractivity contribution is 6.13. The summed E-state index contributed by atoms with van der Waals surface area (Å²) in [5.41, 5.74) is 18.1. The highest BCUT2D eigenvalue weighted by atomic mass is 16.2. The van der Waals surface area contributed by atoms with Crippen molar-refractivity contribution in [1.29, 1.82) is 0 Å². The van der Waals surface area contributed by atoms with Crippen molar-refractivity contribution < 1.29 is 14.4 Å². The van der Waals surface area contributed by atoms with Gasteiger partial charge in [-0.1, -0.05) is 66.7 Å². The van der Waals surface area contributed by atoms with Crippen LogP contribution >= 0.6 is 0 Å². The van der Waals surface area contributed by atoms with Crippen molar-refractivity contribution in [2.45, 2.75) is 31.3 Å². The van der Waals surface area contributed by atoms with Gasteiger partial charge < -0.3 is 22.5 Å². The average molecular weight is 475 g/mol. The smallest absolute Gasteiger partial charge is 0.258 e. The number of carbonyl (C=O) groups is 3. The lowest BCUT2D eigenvalue weighted by Crippen LogP contribution is -2.53. The standard InChI is InChI=1S/C26H30N6O3/c27-21(16-17-8-2-1-3-9-17)24(34)31-22(14-7-15-30-26(28)29)25(35)32-23(33)20-13-6-11-18-10-4-5-12-19(18)20/h1-6,8-13,21-22H,7,14-16,27H2,(H,31,34)(H4,28,29,30)(H,32,33,35)/t21-,22-/m0/s1. The van der Waals surface area contributed by atoms with Gasteiger partial charge in [-0.25, -0.2) is 0 Å². The summed E-state index contributed by atoms with van der Waals surface area (Å²) in [6, 6.07) is 20.1. The molecular formula is C26H30N6O3. The van der Waals surface area contributed by atoms with Crippen LogP contribution in [0.2, 0.25) is 0 Å². The predicted octanol–water partition coefficient (Wildman–Crippen LogP) is 1.20. The van der Waals surface area contributed by atoms with E-state index in [1.807, 2.05) is 60.7 Å². The first-order valence-corrected chi connectivity index (χ1v) is 11.3. The molecule has 0 saturated heterocycles. The Balaban J connectivity index is 1.70. The van der Waals surface area contributed by atoms with E-state index < -0.39 is 29.8 Å². The van der Waals surface area contributed by atoms with E-state index in [1.165, 1.54) is 0 Å². The molecule has 0 radical (unpaired) electrons. The minimum absolute atomic E-state index is 0.0638. The van der Waals surface area contributed by atoms with Crippen molar-refractivity contribution in [2.24, 2.45) is 22.2 Å². The predicted molar refractivity (Wildman–Crippen MR) is 136 cm³/mol. The number of nitrogens with two attached hydrogens (primary N) is 3. The number of rotatable bonds is 10. The molecule has 3 amide bonds. The summed E-state index contributed by atoms with van der Waals surface area (Å²) < 4.78 is 0. The summed E-state index contributed by atoms with van der Waals surface area (Å²) in [5.74, 6) is -1.74. The topological polar surface area (TPSA) is 166 Å². The molecule has 2 atom stereocenters. The van der Waals surface area contributed by atoms with Crippen LogP contribution in [0.5, 0.6) is 0 Å². The Morgan fingerprint density at radius 3 is 2.29 bits per heavy atom. The normalized spacial score (nSPS) is 12.4. The Labute approximate surface area is 203 Å². The summed E-state index contributed by atoms with van der Waals surface area (Å²) in [6.45, 7) is 0.273. The Morgan fingerprint density at radius 2 is 1.54 bits per heavy atom. The zero-order valence-corrected chi connectivity index (χ0v) is 19.3. The molecule has 3 rings (SSSR count). The van der Waals surface area contributed by atoms with Gasteiger partial charge in [0, 0.05) is 12.1 Å². The van der Waals surface area contributed by atoms with Gasteiger partial charge in [-0.3, -0.25) is 24.7 Å². The molecule has 9 nitrogen and oxygen atoms in total. The molecule has 0 aliphatic carbocycles. The van der Waals surface area contributed by atoms with Gasteiger partial charge in [0.05, 0.1) is 6.04 Å². The van der Waals surface area contributed by atoms with Crippen molar-refractivity contribution in [1.82, 2.24) is 10.6 Å². The summed E-state index contributed by atoms with van der Waals surface area (Å²) in [4.78, 5) is 42.6. The molecule has 0 bridgehead atoms. The van der Waals surface area contributed by atoms with Crippen LogP contribution in [0.1, 0.15) is 28.8 Å². The lowest BCUT2D eigenvalue weighted by molar-refractivity contribution is -0.129. The van der Waals surface area contributed by atoms with Gasteiger partial charge in [0.25, 0.3) is 5.91 Å². The molecule has 0 spiro atoms. The molecule has 0 fully saturated rings. The third-order valence-corrected chi connectivity index (χ3v) is 5.48. The first kappa shape index (κ1) is 25.4. The maximum Gasteiger partial charge on any atom is 0.258 e. The molecule has 0 saturated carbocycles. The Hall–Kier alpha value is -4.24. The molecule has 8 N–H and O–H groups in total. The zero-order chi connectivity index (χ0) is 25.2. The molecule has 182 valence electrons. The van der Waals surface area contributed by atoms with E-state index in [-0.39, 0.29) is 18.9 Å². The van der Waals surface area contributed by atoms with E-state index in [0.717, 1.165) is 16.3 Å². The molecule has 9 heteroatoms. The highest BCUT2D eigenvalue weighted by Crippen LogP contribution is 2.18. The van der Waals surface area contributed by atoms with E-state index in [2.05, 4.69) is 15.6 Å². The summed E-state index contributed by atoms with van der Waals surface area (Å²) in [6.07, 6.45) is 0.936. The summed E-state index contributed by atoms with van der Waals surface area (Å²) in [7, 11) is 0. The number of hydrogen-bond acceptors (Lipinski definition) is 5. The molecule has 3 aromatic rings. The van der Waals surface area contributed by atoms with Gasteiger partial charge in [-0.2, -0.15) is 0 Å². The van der Waals surface area contributed by atoms with Crippen molar-refractivity contribution in [3.05, 3.63) is 83.9 Å². The van der Waals surface area contributed by atoms with Crippen LogP contribution in [0, 0.1) is 0 Å². The fourth-order valence-electron chi connectivity index (χ4n) is 3.70. The molecule has 0 aromatic heterocycles. The minimum atomic E-state index is -0.988. The fraction of sp³-hybridized carbons (Fsp3) is 0.231. The Kier molecular flexibility index (Phi) is 8.91. The maximum atomic E-state index is 13.0. The first-order valence-electron chi connectivity index (χ1n) is 11.3. The quantitative estimate of drug-likeness (QED) is 0.168. The van der Waals surface area contributed by atoms with Crippen molar-refractivity contribution >= 4 is 34.5 Å². The van der Waals surface area contributed by atoms with Crippen LogP contribution < -0.4 is 27.8 Å². The van der Waals surface area contributed by atoms with E-state index in [1.54, 1.807) is 12.1 Å². The molecule has 0 aliphatic heterocycles. The van der Waals surface area contributed by atoms with Crippen LogP contribution in [0.25, 0.3) is 10.8 Å². The number of benzene rings is 3. The van der Waals surface area contributed by atoms with Crippen LogP contribution in [-0.2, 0) is 16.0 Å². The van der Waals surface area contributed by atoms with Gasteiger partial charge in [0.15, 0.2) is 5.96 Å². The number of nitrogens with zero attached hydrogens (tertiary/aromatic N) is 1. The number of amides is 3. The minimum Gasteiger partial charge on any atom is -0.370 e. The van der Waals surface area contributed by atoms with Crippen LogP contribution in [0.3, 0.4) is 0 Å². The summed E-state index contributed by atoms with van der Waals surface area (Å²) >= 11 is 0. The molecular weight excluding hydrogens is 444 g/mol. The first-order chi connectivity index (χ1) is 16.8. The number of fused-ring (bicyclic) bond motifs is 1.